The largest absolute Gasteiger partial charge is 0.365 e. The van der Waals surface area contributed by atoms with Gasteiger partial charge in [0, 0.05) is 10.3 Å². The highest BCUT2D eigenvalue weighted by atomic mass is 35.5. The monoisotopic (exact) mass is 481 g/mol. The fourth-order valence-electron chi connectivity index (χ4n) is 4.20. The van der Waals surface area contributed by atoms with Gasteiger partial charge in [0.25, 0.3) is 11.8 Å². The molecule has 0 atom stereocenters. The third-order valence-electron chi connectivity index (χ3n) is 5.68. The number of benzene rings is 1. The number of carbonyl (C=O) groups excluding carboxylic acids is 2. The van der Waals surface area contributed by atoms with E-state index in [4.69, 9.17) is 22.3 Å². The number of halogens is 1. The molecular formula is C24H20ClN3O2S2. The zero-order valence-electron chi connectivity index (χ0n) is 17.1. The van der Waals surface area contributed by atoms with Crippen LogP contribution in [0.5, 0.6) is 0 Å². The van der Waals surface area contributed by atoms with E-state index in [1.54, 1.807) is 6.07 Å². The van der Waals surface area contributed by atoms with Gasteiger partial charge >= 0.3 is 0 Å². The molecule has 3 heterocycles. The maximum absolute atomic E-state index is 13.5. The van der Waals surface area contributed by atoms with Gasteiger partial charge in [-0.05, 0) is 55.5 Å². The molecule has 2 amide bonds. The highest BCUT2D eigenvalue weighted by molar-refractivity contribution is 7.19. The minimum absolute atomic E-state index is 0.286. The summed E-state index contributed by atoms with van der Waals surface area (Å²) in [7, 11) is 0. The number of primary amides is 1. The predicted octanol–water partition coefficient (Wildman–Crippen LogP) is 6.30. The van der Waals surface area contributed by atoms with Crippen LogP contribution in [0.25, 0.3) is 21.5 Å². The van der Waals surface area contributed by atoms with Crippen LogP contribution in [0.1, 0.15) is 50.4 Å². The van der Waals surface area contributed by atoms with E-state index in [0.717, 1.165) is 58.3 Å². The SMILES string of the molecule is NC(=O)c1c(NC(=O)c2cc(-c3ccc(Cl)s3)nc3ccccc23)sc2c1CCCCC2. The maximum atomic E-state index is 13.5. The molecule has 3 aromatic heterocycles. The summed E-state index contributed by atoms with van der Waals surface area (Å²) in [5, 5.41) is 4.27. The van der Waals surface area contributed by atoms with Crippen molar-refractivity contribution in [2.24, 2.45) is 5.73 Å². The number of pyridine rings is 1. The number of fused-ring (bicyclic) bond motifs is 2. The van der Waals surface area contributed by atoms with Crippen molar-refractivity contribution < 1.29 is 9.59 Å². The van der Waals surface area contributed by atoms with Gasteiger partial charge in [-0.25, -0.2) is 4.98 Å². The van der Waals surface area contributed by atoms with Crippen LogP contribution in [0.15, 0.2) is 42.5 Å². The average Bonchev–Trinajstić information content (AvgIpc) is 3.28. The van der Waals surface area contributed by atoms with Gasteiger partial charge in [0.1, 0.15) is 5.00 Å². The van der Waals surface area contributed by atoms with Crippen molar-refractivity contribution >= 4 is 62.0 Å². The molecule has 0 saturated heterocycles. The molecule has 0 aliphatic heterocycles. The third kappa shape index (κ3) is 3.92. The first-order chi connectivity index (χ1) is 15.5. The fourth-order valence-corrected chi connectivity index (χ4v) is 6.50. The van der Waals surface area contributed by atoms with Gasteiger partial charge < -0.3 is 11.1 Å². The Balaban J connectivity index is 1.58. The summed E-state index contributed by atoms with van der Waals surface area (Å²) in [5.74, 6) is -0.778. The van der Waals surface area contributed by atoms with Crippen LogP contribution in [-0.2, 0) is 12.8 Å². The maximum Gasteiger partial charge on any atom is 0.257 e. The van der Waals surface area contributed by atoms with Gasteiger partial charge in [0.05, 0.1) is 31.6 Å². The van der Waals surface area contributed by atoms with Gasteiger partial charge in [-0.1, -0.05) is 36.2 Å². The van der Waals surface area contributed by atoms with E-state index in [1.165, 1.54) is 22.7 Å². The Kier molecular flexibility index (Phi) is 5.71. The highest BCUT2D eigenvalue weighted by Gasteiger charge is 2.25. The van der Waals surface area contributed by atoms with Crippen LogP contribution in [0, 0.1) is 0 Å². The normalized spacial score (nSPS) is 13.5. The molecule has 3 N–H and O–H groups in total. The fraction of sp³-hybridized carbons (Fsp3) is 0.208. The number of amides is 2. The predicted molar refractivity (Wildman–Crippen MR) is 132 cm³/mol. The van der Waals surface area contributed by atoms with Crippen LogP contribution in [0.3, 0.4) is 0 Å². The van der Waals surface area contributed by atoms with E-state index in [9.17, 15) is 9.59 Å². The molecule has 32 heavy (non-hydrogen) atoms. The molecule has 0 radical (unpaired) electrons. The summed E-state index contributed by atoms with van der Waals surface area (Å²) in [5.41, 5.74) is 9.10. The van der Waals surface area contributed by atoms with Crippen LogP contribution in [-0.4, -0.2) is 16.8 Å². The van der Waals surface area contributed by atoms with Gasteiger partial charge in [-0.2, -0.15) is 0 Å². The lowest BCUT2D eigenvalue weighted by atomic mass is 10.0. The standard InChI is InChI=1S/C24H20ClN3O2S2/c25-20-11-10-19(31-20)17-12-15(13-6-4-5-8-16(13)27-17)23(30)28-24-21(22(26)29)14-7-2-1-3-9-18(14)32-24/h4-6,8,10-12H,1-3,7,9H2,(H2,26,29)(H,28,30). The molecule has 162 valence electrons. The van der Waals surface area contributed by atoms with Crippen molar-refractivity contribution in [2.45, 2.75) is 32.1 Å². The van der Waals surface area contributed by atoms with Crippen molar-refractivity contribution in [1.29, 1.82) is 0 Å². The molecule has 0 bridgehead atoms. The minimum atomic E-state index is -0.492. The number of aryl methyl sites for hydroxylation is 1. The first-order valence-corrected chi connectivity index (χ1v) is 12.4. The van der Waals surface area contributed by atoms with E-state index in [1.807, 2.05) is 36.4 Å². The Morgan fingerprint density at radius 1 is 1.03 bits per heavy atom. The zero-order chi connectivity index (χ0) is 22.2. The van der Waals surface area contributed by atoms with E-state index in [0.29, 0.717) is 26.2 Å². The van der Waals surface area contributed by atoms with Gasteiger partial charge in [-0.15, -0.1) is 22.7 Å². The molecule has 0 spiro atoms. The van der Waals surface area contributed by atoms with Crippen molar-refractivity contribution in [3.05, 3.63) is 68.4 Å². The first-order valence-electron chi connectivity index (χ1n) is 10.4. The second-order valence-corrected chi connectivity index (χ2v) is 10.6. The number of nitrogens with zero attached hydrogens (tertiary/aromatic N) is 1. The van der Waals surface area contributed by atoms with Gasteiger partial charge in [0.2, 0.25) is 0 Å². The molecule has 1 aliphatic carbocycles. The molecular weight excluding hydrogens is 462 g/mol. The topological polar surface area (TPSA) is 85.1 Å². The highest BCUT2D eigenvalue weighted by Crippen LogP contribution is 2.38. The average molecular weight is 482 g/mol. The molecule has 0 unspecified atom stereocenters. The van der Waals surface area contributed by atoms with Gasteiger partial charge in [0.15, 0.2) is 0 Å². The van der Waals surface area contributed by atoms with Gasteiger partial charge in [-0.3, -0.25) is 9.59 Å². The summed E-state index contributed by atoms with van der Waals surface area (Å²) in [6.45, 7) is 0. The molecule has 1 aliphatic rings. The molecule has 8 heteroatoms. The Bertz CT molecular complexity index is 1360. The van der Waals surface area contributed by atoms with Crippen molar-refractivity contribution in [1.82, 2.24) is 4.98 Å². The number of nitrogens with one attached hydrogen (secondary N) is 1. The second-order valence-electron chi connectivity index (χ2n) is 7.76. The number of rotatable bonds is 4. The summed E-state index contributed by atoms with van der Waals surface area (Å²) in [6.07, 6.45) is 4.98. The number of hydrogen-bond donors (Lipinski definition) is 2. The van der Waals surface area contributed by atoms with E-state index in [2.05, 4.69) is 5.32 Å². The van der Waals surface area contributed by atoms with Crippen LogP contribution in [0.2, 0.25) is 4.34 Å². The Morgan fingerprint density at radius 3 is 2.62 bits per heavy atom. The Morgan fingerprint density at radius 2 is 1.84 bits per heavy atom. The summed E-state index contributed by atoms with van der Waals surface area (Å²) in [4.78, 5) is 32.5. The quantitative estimate of drug-likeness (QED) is 0.335. The van der Waals surface area contributed by atoms with Crippen molar-refractivity contribution in [3.63, 3.8) is 0 Å². The Labute approximate surface area is 198 Å². The van der Waals surface area contributed by atoms with Crippen LogP contribution < -0.4 is 11.1 Å². The number of thiophene rings is 2. The number of aromatic nitrogens is 1. The lowest BCUT2D eigenvalue weighted by Gasteiger charge is -2.10. The lowest BCUT2D eigenvalue weighted by molar-refractivity contribution is 0.100. The van der Waals surface area contributed by atoms with Crippen LogP contribution >= 0.6 is 34.3 Å². The zero-order valence-corrected chi connectivity index (χ0v) is 19.5. The number of nitrogens with two attached hydrogens (primary N) is 1. The van der Waals surface area contributed by atoms with E-state index >= 15 is 0 Å². The first kappa shape index (κ1) is 21.1. The molecule has 5 nitrogen and oxygen atoms in total. The number of carbonyl (C=O) groups is 2. The summed E-state index contributed by atoms with van der Waals surface area (Å²) < 4.78 is 0.659. The van der Waals surface area contributed by atoms with Crippen molar-refractivity contribution in [2.75, 3.05) is 5.32 Å². The number of anilines is 1. The van der Waals surface area contributed by atoms with E-state index in [-0.39, 0.29) is 5.91 Å². The molecule has 0 fully saturated rings. The molecule has 0 saturated carbocycles. The summed E-state index contributed by atoms with van der Waals surface area (Å²) >= 11 is 9.00. The smallest absolute Gasteiger partial charge is 0.257 e. The number of para-hydroxylation sites is 1. The molecule has 4 aromatic rings. The molecule has 5 rings (SSSR count). The Hall–Kier alpha value is -2.74. The molecule has 1 aromatic carbocycles. The minimum Gasteiger partial charge on any atom is -0.365 e. The third-order valence-corrected chi connectivity index (χ3v) is 8.14. The number of hydrogen-bond acceptors (Lipinski definition) is 5. The van der Waals surface area contributed by atoms with Crippen molar-refractivity contribution in [3.8, 4) is 10.6 Å². The lowest BCUT2D eigenvalue weighted by Crippen LogP contribution is -2.18. The van der Waals surface area contributed by atoms with Crippen LogP contribution in [0.4, 0.5) is 5.00 Å². The second kappa shape index (κ2) is 8.65. The van der Waals surface area contributed by atoms with E-state index < -0.39 is 5.91 Å². The summed E-state index contributed by atoms with van der Waals surface area (Å²) in [6, 6.07) is 13.0.